The molecule has 0 saturated carbocycles. The molecule has 0 unspecified atom stereocenters. The highest BCUT2D eigenvalue weighted by molar-refractivity contribution is 5.99. The molecule has 0 aliphatic carbocycles. The molecule has 1 aromatic carbocycles. The first-order valence-corrected chi connectivity index (χ1v) is 10.3. The highest BCUT2D eigenvalue weighted by Gasteiger charge is 2.24. The molecule has 5 heteroatoms. The molecule has 0 N–H and O–H groups in total. The second-order valence-corrected chi connectivity index (χ2v) is 7.93. The van der Waals surface area contributed by atoms with Gasteiger partial charge in [0.25, 0.3) is 0 Å². The Bertz CT molecular complexity index is 888. The molecular weight excluding hydrogens is 362 g/mol. The molecule has 0 spiro atoms. The first kappa shape index (κ1) is 21.1. The number of Topliss-reactive ketones (excluding diaryl/α,β-unsaturated/α-hetero) is 1. The Morgan fingerprint density at radius 2 is 1.69 bits per heavy atom. The average Bonchev–Trinajstić information content (AvgIpc) is 2.99. The molecule has 1 amide bonds. The molecule has 1 aliphatic rings. The van der Waals surface area contributed by atoms with E-state index >= 15 is 0 Å². The minimum atomic E-state index is 0.146. The van der Waals surface area contributed by atoms with Crippen molar-refractivity contribution in [1.82, 2.24) is 14.4 Å². The van der Waals surface area contributed by atoms with Crippen molar-refractivity contribution in [2.45, 2.75) is 33.7 Å². The fourth-order valence-corrected chi connectivity index (χ4v) is 3.93. The van der Waals surface area contributed by atoms with E-state index in [9.17, 15) is 9.59 Å². The zero-order chi connectivity index (χ0) is 21.0. The number of piperazine rings is 1. The van der Waals surface area contributed by atoms with Crippen molar-refractivity contribution in [1.29, 1.82) is 0 Å². The highest BCUT2D eigenvalue weighted by Crippen LogP contribution is 2.17. The summed E-state index contributed by atoms with van der Waals surface area (Å²) in [6.07, 6.45) is 2.29. The minimum Gasteiger partial charge on any atom is -0.345 e. The number of hydrogen-bond acceptors (Lipinski definition) is 3. The number of ketones is 1. The topological polar surface area (TPSA) is 45.6 Å². The Morgan fingerprint density at radius 1 is 1.03 bits per heavy atom. The number of nitrogens with zero attached hydrogens (tertiary/aromatic N) is 3. The molecule has 0 atom stereocenters. The first-order valence-electron chi connectivity index (χ1n) is 10.3. The summed E-state index contributed by atoms with van der Waals surface area (Å²) in [5.74, 6) is 0.306. The fraction of sp³-hybridized carbons (Fsp3) is 0.417. The lowest BCUT2D eigenvalue weighted by atomic mass is 10.1. The molecule has 2 aromatic rings. The van der Waals surface area contributed by atoms with Crippen molar-refractivity contribution in [2.24, 2.45) is 0 Å². The molecule has 1 aromatic heterocycles. The van der Waals surface area contributed by atoms with Crippen molar-refractivity contribution in [3.05, 3.63) is 71.1 Å². The van der Waals surface area contributed by atoms with E-state index in [1.165, 1.54) is 5.56 Å². The number of carbonyl (C=O) groups is 2. The average molecular weight is 394 g/mol. The zero-order valence-electron chi connectivity index (χ0n) is 17.8. The Labute approximate surface area is 173 Å². The maximum absolute atomic E-state index is 12.8. The van der Waals surface area contributed by atoms with Crippen LogP contribution >= 0.6 is 0 Å². The lowest BCUT2D eigenvalue weighted by Crippen LogP contribution is -2.50. The minimum absolute atomic E-state index is 0.146. The predicted octanol–water partition coefficient (Wildman–Crippen LogP) is 3.17. The highest BCUT2D eigenvalue weighted by atomic mass is 16.2. The molecule has 1 fully saturated rings. The van der Waals surface area contributed by atoms with Gasteiger partial charge in [-0.2, -0.15) is 0 Å². The van der Waals surface area contributed by atoms with E-state index in [1.54, 1.807) is 0 Å². The number of rotatable bonds is 7. The number of aryl methyl sites for hydroxylation is 2. The number of carbonyl (C=O) groups excluding carboxylic acids is 2. The Hall–Kier alpha value is -2.66. The van der Waals surface area contributed by atoms with Crippen LogP contribution in [0.4, 0.5) is 0 Å². The Kier molecular flexibility index (Phi) is 6.70. The van der Waals surface area contributed by atoms with Crippen molar-refractivity contribution in [3.8, 4) is 0 Å². The van der Waals surface area contributed by atoms with E-state index in [1.807, 2.05) is 62.1 Å². The number of allylic oxidation sites excluding steroid dienone is 1. The number of aromatic nitrogens is 1. The monoisotopic (exact) mass is 393 g/mol. The summed E-state index contributed by atoms with van der Waals surface area (Å²) in [6.45, 7) is 13.8. The van der Waals surface area contributed by atoms with Crippen LogP contribution in [0, 0.1) is 20.8 Å². The van der Waals surface area contributed by atoms with Crippen LogP contribution in [0.1, 0.15) is 32.9 Å². The van der Waals surface area contributed by atoms with Crippen molar-refractivity contribution < 1.29 is 9.59 Å². The third kappa shape index (κ3) is 5.04. The van der Waals surface area contributed by atoms with E-state index in [4.69, 9.17) is 0 Å². The van der Waals surface area contributed by atoms with Crippen LogP contribution < -0.4 is 0 Å². The van der Waals surface area contributed by atoms with Crippen LogP contribution in [0.25, 0.3) is 0 Å². The van der Waals surface area contributed by atoms with Crippen molar-refractivity contribution in [3.63, 3.8) is 0 Å². The van der Waals surface area contributed by atoms with Crippen LogP contribution in [0.3, 0.4) is 0 Å². The van der Waals surface area contributed by atoms with Gasteiger partial charge in [0.05, 0.1) is 13.0 Å². The molecule has 0 radical (unpaired) electrons. The van der Waals surface area contributed by atoms with Gasteiger partial charge in [-0.1, -0.05) is 35.9 Å². The fourth-order valence-electron chi connectivity index (χ4n) is 3.93. The molecule has 5 nitrogen and oxygen atoms in total. The molecule has 0 bridgehead atoms. The number of hydrogen-bond donors (Lipinski definition) is 0. The standard InChI is InChI=1S/C24H31N3O2/c1-5-10-27-19(3)15-22(20(27)4)23(28)17-25-11-13-26(14-12-25)24(29)16-21-8-6-18(2)7-9-21/h5-9,15H,1,10-14,16-17H2,2-4H3. The maximum Gasteiger partial charge on any atom is 0.227 e. The second-order valence-electron chi connectivity index (χ2n) is 7.93. The summed E-state index contributed by atoms with van der Waals surface area (Å²) in [4.78, 5) is 29.5. The van der Waals surface area contributed by atoms with Gasteiger partial charge >= 0.3 is 0 Å². The third-order valence-electron chi connectivity index (χ3n) is 5.75. The predicted molar refractivity (Wildman–Crippen MR) is 116 cm³/mol. The molecule has 3 rings (SSSR count). The molecule has 2 heterocycles. The summed E-state index contributed by atoms with van der Waals surface area (Å²) in [5, 5.41) is 0. The Balaban J connectivity index is 1.52. The van der Waals surface area contributed by atoms with E-state index < -0.39 is 0 Å². The van der Waals surface area contributed by atoms with Crippen LogP contribution in [-0.4, -0.2) is 58.8 Å². The van der Waals surface area contributed by atoms with Gasteiger partial charge in [-0.3, -0.25) is 14.5 Å². The quantitative estimate of drug-likeness (QED) is 0.536. The summed E-state index contributed by atoms with van der Waals surface area (Å²) in [7, 11) is 0. The second kappa shape index (κ2) is 9.23. The summed E-state index contributed by atoms with van der Waals surface area (Å²) >= 11 is 0. The van der Waals surface area contributed by atoms with Crippen LogP contribution in [0.2, 0.25) is 0 Å². The van der Waals surface area contributed by atoms with Crippen LogP contribution in [0.15, 0.2) is 43.0 Å². The molecule has 29 heavy (non-hydrogen) atoms. The van der Waals surface area contributed by atoms with E-state index in [0.29, 0.717) is 32.6 Å². The Morgan fingerprint density at radius 3 is 2.31 bits per heavy atom. The van der Waals surface area contributed by atoms with Crippen molar-refractivity contribution in [2.75, 3.05) is 32.7 Å². The molecule has 1 aliphatic heterocycles. The maximum atomic E-state index is 12.8. The lowest BCUT2D eigenvalue weighted by molar-refractivity contribution is -0.132. The molecule has 1 saturated heterocycles. The smallest absolute Gasteiger partial charge is 0.227 e. The van der Waals surface area contributed by atoms with Gasteiger partial charge < -0.3 is 9.47 Å². The number of benzene rings is 1. The van der Waals surface area contributed by atoms with Gasteiger partial charge in [0.15, 0.2) is 5.78 Å². The van der Waals surface area contributed by atoms with Crippen molar-refractivity contribution >= 4 is 11.7 Å². The normalized spacial score (nSPS) is 14.8. The van der Waals surface area contributed by atoms with E-state index in [-0.39, 0.29) is 11.7 Å². The summed E-state index contributed by atoms with van der Waals surface area (Å²) < 4.78 is 2.11. The van der Waals surface area contributed by atoms with Crippen LogP contribution in [0.5, 0.6) is 0 Å². The lowest BCUT2D eigenvalue weighted by Gasteiger charge is -2.34. The van der Waals surface area contributed by atoms with Gasteiger partial charge in [-0.25, -0.2) is 0 Å². The molecular formula is C24H31N3O2. The van der Waals surface area contributed by atoms with Gasteiger partial charge in [0.2, 0.25) is 5.91 Å². The van der Waals surface area contributed by atoms with Gasteiger partial charge in [-0.05, 0) is 32.4 Å². The molecule has 154 valence electrons. The van der Waals surface area contributed by atoms with Crippen LogP contribution in [-0.2, 0) is 17.8 Å². The summed E-state index contributed by atoms with van der Waals surface area (Å²) in [6, 6.07) is 10.1. The van der Waals surface area contributed by atoms with Gasteiger partial charge in [0.1, 0.15) is 0 Å². The van der Waals surface area contributed by atoms with E-state index in [2.05, 4.69) is 16.0 Å². The van der Waals surface area contributed by atoms with Gasteiger partial charge in [-0.15, -0.1) is 6.58 Å². The van der Waals surface area contributed by atoms with E-state index in [0.717, 1.165) is 35.6 Å². The number of amides is 1. The van der Waals surface area contributed by atoms with Gasteiger partial charge in [0, 0.05) is 49.7 Å². The largest absolute Gasteiger partial charge is 0.345 e. The summed E-state index contributed by atoms with van der Waals surface area (Å²) in [5.41, 5.74) is 5.12. The zero-order valence-corrected chi connectivity index (χ0v) is 17.8. The SMILES string of the molecule is C=CCn1c(C)cc(C(=O)CN2CCN(C(=O)Cc3ccc(C)cc3)CC2)c1C. The third-order valence-corrected chi connectivity index (χ3v) is 5.75. The first-order chi connectivity index (χ1) is 13.9.